The van der Waals surface area contributed by atoms with Crippen LogP contribution < -0.4 is 5.32 Å². The zero-order chi connectivity index (χ0) is 24.1. The van der Waals surface area contributed by atoms with E-state index < -0.39 is 5.54 Å². The largest absolute Gasteiger partial charge is 0.305 e. The third kappa shape index (κ3) is 16.0. The van der Waals surface area contributed by atoms with Crippen LogP contribution in [-0.4, -0.2) is 23.7 Å². The second kappa shape index (κ2) is 20.9. The van der Waals surface area contributed by atoms with Gasteiger partial charge in [-0.15, -0.1) is 0 Å². The van der Waals surface area contributed by atoms with Crippen molar-refractivity contribution in [3.8, 4) is 0 Å². The monoisotopic (exact) mass is 451 g/mol. The van der Waals surface area contributed by atoms with Gasteiger partial charge in [0.05, 0.1) is 5.54 Å². The minimum atomic E-state index is -0.425. The summed E-state index contributed by atoms with van der Waals surface area (Å²) in [6.45, 7) is 11.3. The van der Waals surface area contributed by atoms with Crippen LogP contribution in [0.3, 0.4) is 0 Å². The van der Waals surface area contributed by atoms with E-state index in [0.29, 0.717) is 24.4 Å². The summed E-state index contributed by atoms with van der Waals surface area (Å²) in [6.07, 6.45) is 22.2. The molecular weight excluding hydrogens is 394 g/mol. The van der Waals surface area contributed by atoms with Gasteiger partial charge in [-0.25, -0.2) is 0 Å². The van der Waals surface area contributed by atoms with Gasteiger partial charge in [0.15, 0.2) is 5.78 Å². The van der Waals surface area contributed by atoms with Gasteiger partial charge in [0.1, 0.15) is 5.78 Å². The van der Waals surface area contributed by atoms with Crippen molar-refractivity contribution in [2.24, 2.45) is 5.92 Å². The SMILES string of the molecule is CCCCCCCCCCCCCCCC(=O)C(C)(CCC)NCCCC(=O)C(C)CC. The van der Waals surface area contributed by atoms with Gasteiger partial charge in [0.2, 0.25) is 0 Å². The Kier molecular flexibility index (Phi) is 20.4. The average Bonchev–Trinajstić information content (AvgIpc) is 2.79. The summed E-state index contributed by atoms with van der Waals surface area (Å²) in [4.78, 5) is 24.9. The summed E-state index contributed by atoms with van der Waals surface area (Å²) in [7, 11) is 0. The van der Waals surface area contributed by atoms with E-state index in [1.54, 1.807) is 0 Å². The number of hydrogen-bond acceptors (Lipinski definition) is 3. The highest BCUT2D eigenvalue weighted by molar-refractivity contribution is 5.88. The van der Waals surface area contributed by atoms with Crippen LogP contribution in [0.15, 0.2) is 0 Å². The molecule has 3 nitrogen and oxygen atoms in total. The van der Waals surface area contributed by atoms with Crippen LogP contribution in [0.1, 0.15) is 157 Å². The van der Waals surface area contributed by atoms with Crippen LogP contribution in [0.2, 0.25) is 0 Å². The van der Waals surface area contributed by atoms with Crippen molar-refractivity contribution in [3.63, 3.8) is 0 Å². The molecule has 0 aromatic heterocycles. The molecule has 0 spiro atoms. The van der Waals surface area contributed by atoms with Crippen LogP contribution in [0.25, 0.3) is 0 Å². The Morgan fingerprint density at radius 2 is 1.19 bits per heavy atom. The van der Waals surface area contributed by atoms with Crippen molar-refractivity contribution in [1.82, 2.24) is 5.32 Å². The molecule has 0 bridgehead atoms. The Labute approximate surface area is 201 Å². The third-order valence-corrected chi connectivity index (χ3v) is 7.15. The first kappa shape index (κ1) is 31.3. The molecule has 32 heavy (non-hydrogen) atoms. The lowest BCUT2D eigenvalue weighted by molar-refractivity contribution is -0.125. The number of carbonyl (C=O) groups is 2. The molecule has 2 unspecified atom stereocenters. The summed E-state index contributed by atoms with van der Waals surface area (Å²) < 4.78 is 0. The highest BCUT2D eigenvalue weighted by Crippen LogP contribution is 2.19. The Morgan fingerprint density at radius 3 is 1.66 bits per heavy atom. The number of rotatable bonds is 24. The third-order valence-electron chi connectivity index (χ3n) is 7.15. The molecule has 190 valence electrons. The van der Waals surface area contributed by atoms with Crippen LogP contribution in [-0.2, 0) is 9.59 Å². The molecule has 3 heteroatoms. The number of Topliss-reactive ketones (excluding diaryl/α,β-unsaturated/α-hetero) is 2. The topological polar surface area (TPSA) is 46.2 Å². The minimum Gasteiger partial charge on any atom is -0.305 e. The van der Waals surface area contributed by atoms with Gasteiger partial charge in [-0.05, 0) is 39.2 Å². The zero-order valence-electron chi connectivity index (χ0n) is 22.5. The maximum Gasteiger partial charge on any atom is 0.152 e. The Hall–Kier alpha value is -0.700. The number of nitrogens with one attached hydrogen (secondary N) is 1. The summed E-state index contributed by atoms with van der Waals surface area (Å²) in [6, 6.07) is 0. The normalized spacial score (nSPS) is 14.3. The molecule has 0 saturated heterocycles. The van der Waals surface area contributed by atoms with Crippen LogP contribution >= 0.6 is 0 Å². The molecule has 0 aliphatic rings. The van der Waals surface area contributed by atoms with Crippen molar-refractivity contribution < 1.29 is 9.59 Å². The summed E-state index contributed by atoms with van der Waals surface area (Å²) >= 11 is 0. The molecular formula is C29H57NO2. The van der Waals surface area contributed by atoms with Crippen molar-refractivity contribution in [2.75, 3.05) is 6.54 Å². The molecule has 0 fully saturated rings. The molecule has 0 saturated carbocycles. The highest BCUT2D eigenvalue weighted by atomic mass is 16.1. The number of carbonyl (C=O) groups excluding carboxylic acids is 2. The molecule has 0 radical (unpaired) electrons. The molecule has 0 amide bonds. The fourth-order valence-electron chi connectivity index (χ4n) is 4.51. The van der Waals surface area contributed by atoms with E-state index in [1.807, 2.05) is 6.92 Å². The summed E-state index contributed by atoms with van der Waals surface area (Å²) in [5.41, 5.74) is -0.425. The summed E-state index contributed by atoms with van der Waals surface area (Å²) in [5.74, 6) is 0.870. The first-order valence-electron chi connectivity index (χ1n) is 14.2. The van der Waals surface area contributed by atoms with E-state index in [-0.39, 0.29) is 5.92 Å². The van der Waals surface area contributed by atoms with Crippen molar-refractivity contribution >= 4 is 11.6 Å². The van der Waals surface area contributed by atoms with E-state index in [0.717, 1.165) is 38.6 Å². The molecule has 0 aromatic carbocycles. The predicted octanol–water partition coefficient (Wildman–Crippen LogP) is 8.58. The van der Waals surface area contributed by atoms with Gasteiger partial charge in [0.25, 0.3) is 0 Å². The molecule has 0 rings (SSSR count). The number of unbranched alkanes of at least 4 members (excludes halogenated alkanes) is 12. The van der Waals surface area contributed by atoms with Gasteiger partial charge in [-0.3, -0.25) is 9.59 Å². The summed E-state index contributed by atoms with van der Waals surface area (Å²) in [5, 5.41) is 3.50. The van der Waals surface area contributed by atoms with E-state index in [2.05, 4.69) is 33.0 Å². The quantitative estimate of drug-likeness (QED) is 0.149. The maximum atomic E-state index is 12.9. The number of ketones is 2. The molecule has 2 atom stereocenters. The second-order valence-electron chi connectivity index (χ2n) is 10.3. The van der Waals surface area contributed by atoms with Crippen molar-refractivity contribution in [1.29, 1.82) is 0 Å². The lowest BCUT2D eigenvalue weighted by Gasteiger charge is -2.29. The molecule has 0 aliphatic carbocycles. The van der Waals surface area contributed by atoms with E-state index >= 15 is 0 Å². The van der Waals surface area contributed by atoms with E-state index in [4.69, 9.17) is 0 Å². The Morgan fingerprint density at radius 1 is 0.688 bits per heavy atom. The Balaban J connectivity index is 3.87. The van der Waals surface area contributed by atoms with Crippen molar-refractivity contribution in [2.45, 2.75) is 162 Å². The fourth-order valence-corrected chi connectivity index (χ4v) is 4.51. The van der Waals surface area contributed by atoms with Gasteiger partial charge < -0.3 is 5.32 Å². The zero-order valence-corrected chi connectivity index (χ0v) is 22.5. The standard InChI is InChI=1S/C29H57NO2/c1-6-9-10-11-12-13-14-15-16-17-18-19-20-23-28(32)29(5,24-7-2)30-25-21-22-27(31)26(4)8-3/h26,30H,6-25H2,1-5H3. The average molecular weight is 452 g/mol. The molecule has 0 aliphatic heterocycles. The Bertz CT molecular complexity index is 462. The van der Waals surface area contributed by atoms with Crippen LogP contribution in [0, 0.1) is 5.92 Å². The van der Waals surface area contributed by atoms with E-state index in [1.165, 1.54) is 77.0 Å². The second-order valence-corrected chi connectivity index (χ2v) is 10.3. The number of hydrogen-bond donors (Lipinski definition) is 1. The predicted molar refractivity (Wildman–Crippen MR) is 140 cm³/mol. The lowest BCUT2D eigenvalue weighted by atomic mass is 9.87. The highest BCUT2D eigenvalue weighted by Gasteiger charge is 2.30. The minimum absolute atomic E-state index is 0.161. The molecule has 0 heterocycles. The van der Waals surface area contributed by atoms with Crippen LogP contribution in [0.4, 0.5) is 0 Å². The molecule has 0 aromatic rings. The van der Waals surface area contributed by atoms with Crippen LogP contribution in [0.5, 0.6) is 0 Å². The first-order chi connectivity index (χ1) is 15.4. The first-order valence-corrected chi connectivity index (χ1v) is 14.2. The van der Waals surface area contributed by atoms with Crippen molar-refractivity contribution in [3.05, 3.63) is 0 Å². The fraction of sp³-hybridized carbons (Fsp3) is 0.931. The van der Waals surface area contributed by atoms with E-state index in [9.17, 15) is 9.59 Å². The maximum absolute atomic E-state index is 12.9. The van der Waals surface area contributed by atoms with Gasteiger partial charge in [-0.1, -0.05) is 111 Å². The van der Waals surface area contributed by atoms with Gasteiger partial charge in [0, 0.05) is 18.8 Å². The molecule has 1 N–H and O–H groups in total. The van der Waals surface area contributed by atoms with Gasteiger partial charge in [-0.2, -0.15) is 0 Å². The lowest BCUT2D eigenvalue weighted by Crippen LogP contribution is -2.49. The van der Waals surface area contributed by atoms with Gasteiger partial charge >= 0.3 is 0 Å². The smallest absolute Gasteiger partial charge is 0.152 e.